The van der Waals surface area contributed by atoms with E-state index in [4.69, 9.17) is 4.74 Å². The molecule has 2 N–H and O–H groups in total. The number of nitrogens with one attached hydrogen (secondary N) is 2. The molecule has 1 aromatic carbocycles. The summed E-state index contributed by atoms with van der Waals surface area (Å²) in [6.45, 7) is 4.38. The van der Waals surface area contributed by atoms with Gasteiger partial charge in [0.25, 0.3) is 0 Å². The maximum atomic E-state index is 13.4. The van der Waals surface area contributed by atoms with Crippen LogP contribution in [0.4, 0.5) is 8.78 Å². The van der Waals surface area contributed by atoms with Gasteiger partial charge in [0, 0.05) is 32.8 Å². The molecule has 0 radical (unpaired) electrons. The van der Waals surface area contributed by atoms with Gasteiger partial charge >= 0.3 is 0 Å². The molecule has 0 saturated carbocycles. The second-order valence-electron chi connectivity index (χ2n) is 4.11. The molecule has 0 aliphatic heterocycles. The average molecular weight is 285 g/mol. The molecular formula is C14H21F2N3O. The number of benzene rings is 1. The Morgan fingerprint density at radius 2 is 2.00 bits per heavy atom. The Kier molecular flexibility index (Phi) is 7.57. The van der Waals surface area contributed by atoms with Gasteiger partial charge in [-0.15, -0.1) is 0 Å². The minimum Gasteiger partial charge on any atom is -0.380 e. The van der Waals surface area contributed by atoms with E-state index in [9.17, 15) is 8.78 Å². The number of halogens is 2. The van der Waals surface area contributed by atoms with Crippen LogP contribution in [0.3, 0.4) is 0 Å². The van der Waals surface area contributed by atoms with Gasteiger partial charge in [0.15, 0.2) is 5.96 Å². The van der Waals surface area contributed by atoms with E-state index in [1.54, 1.807) is 7.05 Å². The fraction of sp³-hybridized carbons (Fsp3) is 0.500. The van der Waals surface area contributed by atoms with Crippen LogP contribution in [0.15, 0.2) is 23.2 Å². The third-order valence-corrected chi connectivity index (χ3v) is 2.67. The summed E-state index contributed by atoms with van der Waals surface area (Å²) < 4.78 is 31.4. The normalized spacial score (nSPS) is 11.5. The molecule has 1 rings (SSSR count). The lowest BCUT2D eigenvalue weighted by Crippen LogP contribution is -2.39. The molecule has 6 heteroatoms. The molecule has 0 atom stereocenters. The molecule has 20 heavy (non-hydrogen) atoms. The van der Waals surface area contributed by atoms with Crippen molar-refractivity contribution >= 4 is 5.96 Å². The monoisotopic (exact) mass is 285 g/mol. The van der Waals surface area contributed by atoms with Gasteiger partial charge in [-0.05, 0) is 25.0 Å². The molecule has 0 spiro atoms. The van der Waals surface area contributed by atoms with Gasteiger partial charge in [-0.2, -0.15) is 0 Å². The zero-order valence-electron chi connectivity index (χ0n) is 11.9. The van der Waals surface area contributed by atoms with Crippen molar-refractivity contribution in [3.8, 4) is 0 Å². The van der Waals surface area contributed by atoms with E-state index in [0.717, 1.165) is 6.07 Å². The van der Waals surface area contributed by atoms with E-state index in [1.807, 2.05) is 6.92 Å². The Hall–Kier alpha value is -1.69. The Bertz CT molecular complexity index is 438. The molecule has 0 bridgehead atoms. The second-order valence-corrected chi connectivity index (χ2v) is 4.11. The largest absolute Gasteiger partial charge is 0.380 e. The van der Waals surface area contributed by atoms with Gasteiger partial charge in [0.2, 0.25) is 0 Å². The zero-order valence-corrected chi connectivity index (χ0v) is 11.9. The second kappa shape index (κ2) is 9.25. The number of nitrogens with zero attached hydrogens (tertiary/aromatic N) is 1. The molecule has 0 aliphatic carbocycles. The standard InChI is InChI=1S/C14H21F2N3O/c1-3-20-9-8-19-14(17-2)18-7-6-11-4-5-12(15)10-13(11)16/h4-5,10H,3,6-9H2,1-2H3,(H2,17,18,19). The van der Waals surface area contributed by atoms with Crippen LogP contribution in [0.2, 0.25) is 0 Å². The molecule has 112 valence electrons. The molecule has 0 amide bonds. The first kappa shape index (κ1) is 16.4. The third kappa shape index (κ3) is 5.97. The van der Waals surface area contributed by atoms with Gasteiger partial charge in [-0.25, -0.2) is 8.78 Å². The Labute approximate surface area is 118 Å². The summed E-state index contributed by atoms with van der Waals surface area (Å²) in [5.41, 5.74) is 0.476. The van der Waals surface area contributed by atoms with Crippen molar-refractivity contribution in [1.29, 1.82) is 0 Å². The maximum absolute atomic E-state index is 13.4. The van der Waals surface area contributed by atoms with Crippen molar-refractivity contribution in [3.63, 3.8) is 0 Å². The summed E-state index contributed by atoms with van der Waals surface area (Å²) in [7, 11) is 1.66. The molecule has 0 heterocycles. The lowest BCUT2D eigenvalue weighted by molar-refractivity contribution is 0.152. The molecule has 4 nitrogen and oxygen atoms in total. The molecule has 0 aliphatic rings. The van der Waals surface area contributed by atoms with Gasteiger partial charge in [-0.3, -0.25) is 4.99 Å². The van der Waals surface area contributed by atoms with Crippen molar-refractivity contribution < 1.29 is 13.5 Å². The Morgan fingerprint density at radius 1 is 1.25 bits per heavy atom. The van der Waals surface area contributed by atoms with Crippen LogP contribution >= 0.6 is 0 Å². The van der Waals surface area contributed by atoms with Gasteiger partial charge in [0.05, 0.1) is 6.61 Å². The minimum absolute atomic E-state index is 0.457. The number of rotatable bonds is 7. The number of guanidine groups is 1. The van der Waals surface area contributed by atoms with E-state index in [2.05, 4.69) is 15.6 Å². The summed E-state index contributed by atoms with van der Waals surface area (Å²) in [5, 5.41) is 6.13. The summed E-state index contributed by atoms with van der Waals surface area (Å²) in [6.07, 6.45) is 0.457. The van der Waals surface area contributed by atoms with Crippen LogP contribution in [0.1, 0.15) is 12.5 Å². The molecule has 0 fully saturated rings. The lowest BCUT2D eigenvalue weighted by atomic mass is 10.1. The van der Waals surface area contributed by atoms with E-state index < -0.39 is 11.6 Å². The van der Waals surface area contributed by atoms with Crippen molar-refractivity contribution in [1.82, 2.24) is 10.6 Å². The predicted octanol–water partition coefficient (Wildman–Crippen LogP) is 1.71. The number of hydrogen-bond donors (Lipinski definition) is 2. The van der Waals surface area contributed by atoms with E-state index in [0.29, 0.717) is 44.2 Å². The molecule has 1 aromatic rings. The van der Waals surface area contributed by atoms with Crippen molar-refractivity contribution in [2.24, 2.45) is 4.99 Å². The smallest absolute Gasteiger partial charge is 0.191 e. The highest BCUT2D eigenvalue weighted by atomic mass is 19.1. The molecular weight excluding hydrogens is 264 g/mol. The number of aliphatic imine (C=N–C) groups is 1. The van der Waals surface area contributed by atoms with Crippen molar-refractivity contribution in [2.45, 2.75) is 13.3 Å². The van der Waals surface area contributed by atoms with Crippen LogP contribution in [0, 0.1) is 11.6 Å². The zero-order chi connectivity index (χ0) is 14.8. The van der Waals surface area contributed by atoms with Gasteiger partial charge in [0.1, 0.15) is 11.6 Å². The first-order chi connectivity index (χ1) is 9.67. The number of ether oxygens (including phenoxy) is 1. The highest BCUT2D eigenvalue weighted by Crippen LogP contribution is 2.09. The first-order valence-corrected chi connectivity index (χ1v) is 6.63. The van der Waals surface area contributed by atoms with Crippen molar-refractivity contribution in [2.75, 3.05) is 33.4 Å². The topological polar surface area (TPSA) is 45.6 Å². The fourth-order valence-corrected chi connectivity index (χ4v) is 1.65. The van der Waals surface area contributed by atoms with E-state index >= 15 is 0 Å². The van der Waals surface area contributed by atoms with Gasteiger partial charge in [-0.1, -0.05) is 6.07 Å². The van der Waals surface area contributed by atoms with Crippen LogP contribution in [0.5, 0.6) is 0 Å². The van der Waals surface area contributed by atoms with Crippen LogP contribution in [0.25, 0.3) is 0 Å². The van der Waals surface area contributed by atoms with E-state index in [-0.39, 0.29) is 0 Å². The summed E-state index contributed by atoms with van der Waals surface area (Å²) in [4.78, 5) is 4.04. The highest BCUT2D eigenvalue weighted by molar-refractivity contribution is 5.79. The minimum atomic E-state index is -0.562. The lowest BCUT2D eigenvalue weighted by Gasteiger charge is -2.12. The van der Waals surface area contributed by atoms with E-state index in [1.165, 1.54) is 12.1 Å². The third-order valence-electron chi connectivity index (χ3n) is 2.67. The van der Waals surface area contributed by atoms with Crippen molar-refractivity contribution in [3.05, 3.63) is 35.4 Å². The summed E-state index contributed by atoms with van der Waals surface area (Å²) >= 11 is 0. The molecule has 0 unspecified atom stereocenters. The maximum Gasteiger partial charge on any atom is 0.191 e. The van der Waals surface area contributed by atoms with Crippen LogP contribution in [-0.4, -0.2) is 39.3 Å². The SMILES string of the molecule is CCOCCNC(=NC)NCCc1ccc(F)cc1F. The highest BCUT2D eigenvalue weighted by Gasteiger charge is 2.04. The Balaban J connectivity index is 2.31. The quantitative estimate of drug-likeness (QED) is 0.455. The van der Waals surface area contributed by atoms with Crippen LogP contribution < -0.4 is 10.6 Å². The number of hydrogen-bond acceptors (Lipinski definition) is 2. The molecule has 0 aromatic heterocycles. The first-order valence-electron chi connectivity index (χ1n) is 6.63. The Morgan fingerprint density at radius 3 is 2.65 bits per heavy atom. The molecule has 0 saturated heterocycles. The fourth-order valence-electron chi connectivity index (χ4n) is 1.65. The average Bonchev–Trinajstić information content (AvgIpc) is 2.43. The van der Waals surface area contributed by atoms with Gasteiger partial charge < -0.3 is 15.4 Å². The summed E-state index contributed by atoms with van der Waals surface area (Å²) in [5.74, 6) is -0.453. The predicted molar refractivity (Wildman–Crippen MR) is 75.9 cm³/mol. The summed E-state index contributed by atoms with van der Waals surface area (Å²) in [6, 6.07) is 3.61. The van der Waals surface area contributed by atoms with Crippen LogP contribution in [-0.2, 0) is 11.2 Å².